The van der Waals surface area contributed by atoms with Crippen molar-refractivity contribution in [3.05, 3.63) is 53.2 Å². The number of amides is 1. The fourth-order valence-corrected chi connectivity index (χ4v) is 4.01. The maximum absolute atomic E-state index is 12.6. The number of carbonyl (C=O) groups is 2. The Balaban J connectivity index is 1.61. The highest BCUT2D eigenvalue weighted by atomic mass is 32.2. The van der Waals surface area contributed by atoms with E-state index in [0.717, 1.165) is 24.1 Å². The molecule has 1 aliphatic heterocycles. The van der Waals surface area contributed by atoms with Gasteiger partial charge in [0.05, 0.1) is 16.8 Å². The van der Waals surface area contributed by atoms with Crippen molar-refractivity contribution in [3.8, 4) is 5.69 Å². The molecule has 0 bridgehead atoms. The van der Waals surface area contributed by atoms with Crippen LogP contribution in [-0.2, 0) is 9.59 Å². The molecule has 1 aromatic heterocycles. The summed E-state index contributed by atoms with van der Waals surface area (Å²) in [7, 11) is 0. The lowest BCUT2D eigenvalue weighted by atomic mass is 10.2. The fraction of sp³-hybridized carbons (Fsp3) is 0.263. The molecule has 1 fully saturated rings. The van der Waals surface area contributed by atoms with Crippen molar-refractivity contribution < 1.29 is 14.7 Å². The molecule has 6 nitrogen and oxygen atoms in total. The number of carboxylic acids is 1. The first kappa shape index (κ1) is 19.3. The Labute approximate surface area is 166 Å². The Bertz CT molecular complexity index is 877. The van der Waals surface area contributed by atoms with Crippen LogP contribution in [0.3, 0.4) is 0 Å². The van der Waals surface area contributed by atoms with E-state index in [-0.39, 0.29) is 12.3 Å². The first-order chi connectivity index (χ1) is 13.0. The van der Waals surface area contributed by atoms with E-state index in [4.69, 9.17) is 17.3 Å². The van der Waals surface area contributed by atoms with Crippen LogP contribution in [0.25, 0.3) is 11.8 Å². The Kier molecular flexibility index (Phi) is 6.41. The molecule has 0 radical (unpaired) electrons. The van der Waals surface area contributed by atoms with Gasteiger partial charge in [0.25, 0.3) is 5.91 Å². The van der Waals surface area contributed by atoms with Crippen molar-refractivity contribution in [3.63, 3.8) is 0 Å². The summed E-state index contributed by atoms with van der Waals surface area (Å²) < 4.78 is 2.30. The molecular formula is C19H19N3O3S2. The molecule has 0 atom stereocenters. The van der Waals surface area contributed by atoms with E-state index in [1.807, 2.05) is 36.5 Å². The standard InChI is InChI=1S/C19H19N3O3S2/c23-17(24)9-5-2-6-10-21-18(25)16(27-19(21)26)11-14-12-20-22(13-14)15-7-3-1-4-8-15/h1,3-4,7-8,11-13H,2,5-6,9-10H2,(H,23,24)/b16-11+. The quantitative estimate of drug-likeness (QED) is 0.413. The van der Waals surface area contributed by atoms with E-state index >= 15 is 0 Å². The second-order valence-corrected chi connectivity index (χ2v) is 7.77. The molecule has 1 N–H and O–H groups in total. The maximum atomic E-state index is 12.6. The van der Waals surface area contributed by atoms with Crippen molar-refractivity contribution >= 4 is 46.3 Å². The Morgan fingerprint density at radius 1 is 1.22 bits per heavy atom. The highest BCUT2D eigenvalue weighted by Gasteiger charge is 2.31. The van der Waals surface area contributed by atoms with Crippen molar-refractivity contribution in [2.45, 2.75) is 25.7 Å². The van der Waals surface area contributed by atoms with Crippen LogP contribution in [0.1, 0.15) is 31.2 Å². The molecule has 8 heteroatoms. The third kappa shape index (κ3) is 5.05. The number of benzene rings is 1. The van der Waals surface area contributed by atoms with Gasteiger partial charge >= 0.3 is 5.97 Å². The second kappa shape index (κ2) is 8.96. The molecule has 1 saturated heterocycles. The average Bonchev–Trinajstić information content (AvgIpc) is 3.22. The predicted octanol–water partition coefficient (Wildman–Crippen LogP) is 3.72. The largest absolute Gasteiger partial charge is 0.481 e. The Hall–Kier alpha value is -2.45. The zero-order valence-corrected chi connectivity index (χ0v) is 16.2. The molecule has 3 rings (SSSR count). The Morgan fingerprint density at radius 3 is 2.74 bits per heavy atom. The predicted molar refractivity (Wildman–Crippen MR) is 110 cm³/mol. The lowest BCUT2D eigenvalue weighted by Gasteiger charge is -2.13. The fourth-order valence-electron chi connectivity index (χ4n) is 2.70. The smallest absolute Gasteiger partial charge is 0.303 e. The molecule has 140 valence electrons. The number of para-hydroxylation sites is 1. The highest BCUT2D eigenvalue weighted by Crippen LogP contribution is 2.32. The SMILES string of the molecule is O=C(O)CCCCCN1C(=O)/C(=C\c2cnn(-c3ccccc3)c2)SC1=S. The minimum Gasteiger partial charge on any atom is -0.481 e. The Morgan fingerprint density at radius 2 is 2.00 bits per heavy atom. The van der Waals surface area contributed by atoms with Crippen LogP contribution in [0, 0.1) is 0 Å². The van der Waals surface area contributed by atoms with Gasteiger partial charge in [-0.25, -0.2) is 4.68 Å². The molecule has 27 heavy (non-hydrogen) atoms. The van der Waals surface area contributed by atoms with E-state index in [1.54, 1.807) is 21.9 Å². The maximum Gasteiger partial charge on any atom is 0.303 e. The van der Waals surface area contributed by atoms with Crippen LogP contribution in [0.2, 0.25) is 0 Å². The van der Waals surface area contributed by atoms with Crippen LogP contribution in [0.4, 0.5) is 0 Å². The third-order valence-electron chi connectivity index (χ3n) is 4.07. The van der Waals surface area contributed by atoms with Gasteiger partial charge < -0.3 is 5.11 Å². The molecule has 1 aromatic carbocycles. The van der Waals surface area contributed by atoms with Crippen molar-refractivity contribution in [2.24, 2.45) is 0 Å². The van der Waals surface area contributed by atoms with Gasteiger partial charge in [0.15, 0.2) is 0 Å². The molecule has 2 heterocycles. The van der Waals surface area contributed by atoms with Gasteiger partial charge in [0.1, 0.15) is 4.32 Å². The number of hydrogen-bond acceptors (Lipinski definition) is 5. The van der Waals surface area contributed by atoms with E-state index in [9.17, 15) is 9.59 Å². The summed E-state index contributed by atoms with van der Waals surface area (Å²) in [6.07, 6.45) is 7.64. The third-order valence-corrected chi connectivity index (χ3v) is 5.44. The minimum atomic E-state index is -0.792. The van der Waals surface area contributed by atoms with E-state index in [2.05, 4.69) is 5.10 Å². The van der Waals surface area contributed by atoms with Gasteiger partial charge in [-0.05, 0) is 31.1 Å². The first-order valence-corrected chi connectivity index (χ1v) is 9.84. The molecule has 2 aromatic rings. The molecule has 0 aliphatic carbocycles. The lowest BCUT2D eigenvalue weighted by Crippen LogP contribution is -2.29. The summed E-state index contributed by atoms with van der Waals surface area (Å²) in [5, 5.41) is 13.0. The van der Waals surface area contributed by atoms with Gasteiger partial charge in [0.2, 0.25) is 0 Å². The summed E-state index contributed by atoms with van der Waals surface area (Å²) in [5.41, 5.74) is 1.78. The number of carbonyl (C=O) groups excluding carboxylic acids is 1. The normalized spacial score (nSPS) is 15.7. The second-order valence-electron chi connectivity index (χ2n) is 6.09. The van der Waals surface area contributed by atoms with Gasteiger partial charge in [-0.15, -0.1) is 0 Å². The lowest BCUT2D eigenvalue weighted by molar-refractivity contribution is -0.137. The van der Waals surface area contributed by atoms with Crippen LogP contribution in [0.15, 0.2) is 47.6 Å². The number of aromatic nitrogens is 2. The molecule has 0 spiro atoms. The van der Waals surface area contributed by atoms with Crippen LogP contribution in [-0.4, -0.2) is 42.5 Å². The topological polar surface area (TPSA) is 75.4 Å². The summed E-state index contributed by atoms with van der Waals surface area (Å²) in [6.45, 7) is 0.519. The molecule has 1 aliphatic rings. The summed E-state index contributed by atoms with van der Waals surface area (Å²) in [4.78, 5) is 25.3. The molecule has 0 unspecified atom stereocenters. The van der Waals surface area contributed by atoms with Gasteiger partial charge in [0, 0.05) is 24.7 Å². The van der Waals surface area contributed by atoms with E-state index in [0.29, 0.717) is 22.2 Å². The first-order valence-electron chi connectivity index (χ1n) is 8.62. The van der Waals surface area contributed by atoms with Gasteiger partial charge in [-0.2, -0.15) is 5.10 Å². The van der Waals surface area contributed by atoms with E-state index in [1.165, 1.54) is 11.8 Å². The van der Waals surface area contributed by atoms with Gasteiger partial charge in [-0.1, -0.05) is 48.6 Å². The summed E-state index contributed by atoms with van der Waals surface area (Å²) in [5.74, 6) is -0.893. The van der Waals surface area contributed by atoms with Gasteiger partial charge in [-0.3, -0.25) is 14.5 Å². The number of rotatable bonds is 8. The molecule has 1 amide bonds. The number of thioether (sulfide) groups is 1. The average molecular weight is 402 g/mol. The number of unbranched alkanes of at least 4 members (excludes halogenated alkanes) is 2. The summed E-state index contributed by atoms with van der Waals surface area (Å²) >= 11 is 6.61. The van der Waals surface area contributed by atoms with Crippen LogP contribution in [0.5, 0.6) is 0 Å². The highest BCUT2D eigenvalue weighted by molar-refractivity contribution is 8.26. The minimum absolute atomic E-state index is 0.101. The number of thiocarbonyl (C=S) groups is 1. The zero-order valence-electron chi connectivity index (χ0n) is 14.6. The van der Waals surface area contributed by atoms with Crippen LogP contribution < -0.4 is 0 Å². The monoisotopic (exact) mass is 401 g/mol. The van der Waals surface area contributed by atoms with Crippen molar-refractivity contribution in [2.75, 3.05) is 6.54 Å². The zero-order chi connectivity index (χ0) is 19.2. The van der Waals surface area contributed by atoms with Crippen molar-refractivity contribution in [1.29, 1.82) is 0 Å². The molecular weight excluding hydrogens is 382 g/mol. The number of hydrogen-bond donors (Lipinski definition) is 1. The number of nitrogens with zero attached hydrogens (tertiary/aromatic N) is 3. The van der Waals surface area contributed by atoms with Crippen molar-refractivity contribution in [1.82, 2.24) is 14.7 Å². The van der Waals surface area contributed by atoms with Crippen LogP contribution >= 0.6 is 24.0 Å². The summed E-state index contributed by atoms with van der Waals surface area (Å²) in [6, 6.07) is 9.75. The van der Waals surface area contributed by atoms with E-state index < -0.39 is 5.97 Å². The molecule has 0 saturated carbocycles. The number of carboxylic acid groups (broad SMARTS) is 1. The number of aliphatic carboxylic acids is 1.